The molecule has 2 aliphatic heterocycles. The number of sulfonamides is 1. The second kappa shape index (κ2) is 7.93. The Morgan fingerprint density at radius 1 is 1.08 bits per heavy atom. The van der Waals surface area contributed by atoms with E-state index < -0.39 is 15.8 Å². The van der Waals surface area contributed by atoms with Gasteiger partial charge in [-0.3, -0.25) is 9.59 Å². The topological polar surface area (TPSA) is 78.0 Å². The highest BCUT2D eigenvalue weighted by Crippen LogP contribution is 2.19. The normalized spacial score (nSPS) is 19.2. The van der Waals surface area contributed by atoms with E-state index >= 15 is 0 Å². The Morgan fingerprint density at radius 3 is 2.31 bits per heavy atom. The molecule has 0 aromatic heterocycles. The van der Waals surface area contributed by atoms with E-state index in [2.05, 4.69) is 0 Å². The largest absolute Gasteiger partial charge is 0.340 e. The second-order valence-corrected chi connectivity index (χ2v) is 9.07. The lowest BCUT2D eigenvalue weighted by atomic mass is 10.3. The molecule has 2 fully saturated rings. The first kappa shape index (κ1) is 19.1. The monoisotopic (exact) mass is 401 g/mol. The molecule has 26 heavy (non-hydrogen) atoms. The summed E-state index contributed by atoms with van der Waals surface area (Å²) in [5.41, 5.74) is 0. The smallest absolute Gasteiger partial charge is 0.281 e. The quantitative estimate of drug-likeness (QED) is 0.741. The van der Waals surface area contributed by atoms with Crippen LogP contribution in [-0.2, 0) is 14.8 Å². The molecule has 0 aliphatic carbocycles. The van der Waals surface area contributed by atoms with Gasteiger partial charge in [-0.05, 0) is 24.3 Å². The Labute approximate surface area is 156 Å². The first-order valence-electron chi connectivity index (χ1n) is 8.33. The Hall–Kier alpha value is -1.65. The lowest BCUT2D eigenvalue weighted by molar-refractivity contribution is -0.132. The van der Waals surface area contributed by atoms with Crippen molar-refractivity contribution in [2.75, 3.05) is 45.0 Å². The molecule has 1 aromatic rings. The summed E-state index contributed by atoms with van der Waals surface area (Å²) in [7, 11) is -3.69. The number of hydrogen-bond donors (Lipinski definition) is 0. The van der Waals surface area contributed by atoms with Gasteiger partial charge in [0.15, 0.2) is 0 Å². The van der Waals surface area contributed by atoms with Gasteiger partial charge in [0.2, 0.25) is 15.9 Å². The maximum absolute atomic E-state index is 13.0. The summed E-state index contributed by atoms with van der Waals surface area (Å²) in [5.74, 6) is 0.190. The van der Waals surface area contributed by atoms with Crippen molar-refractivity contribution in [3.8, 4) is 0 Å². The first-order valence-corrected chi connectivity index (χ1v) is 10.8. The number of thioether (sulfide) groups is 1. The number of carbonyl (C=O) groups is 2. The third kappa shape index (κ3) is 4.18. The van der Waals surface area contributed by atoms with Gasteiger partial charge in [-0.15, -0.1) is 0 Å². The van der Waals surface area contributed by atoms with Crippen molar-refractivity contribution in [3.05, 3.63) is 30.1 Å². The number of amides is 2. The van der Waals surface area contributed by atoms with Crippen molar-refractivity contribution in [2.45, 2.75) is 11.3 Å². The van der Waals surface area contributed by atoms with Crippen LogP contribution in [0.1, 0.15) is 6.42 Å². The van der Waals surface area contributed by atoms with Gasteiger partial charge in [0.05, 0.1) is 4.90 Å². The zero-order valence-corrected chi connectivity index (χ0v) is 15.8. The molecule has 0 unspecified atom stereocenters. The van der Waals surface area contributed by atoms with Crippen molar-refractivity contribution in [3.63, 3.8) is 0 Å². The Balaban J connectivity index is 1.52. The zero-order valence-electron chi connectivity index (χ0n) is 14.1. The van der Waals surface area contributed by atoms with Crippen LogP contribution in [0.15, 0.2) is 29.2 Å². The standard InChI is InChI=1S/C16H20FN3O4S2/c17-13-1-3-14(4-2-13)26(23,24)20-9-7-18(8-10-20)15(21)5-6-19-11-12-25-16(19)22/h1-4H,5-12H2. The van der Waals surface area contributed by atoms with Crippen LogP contribution in [0.2, 0.25) is 0 Å². The van der Waals surface area contributed by atoms with Crippen LogP contribution in [0.4, 0.5) is 9.18 Å². The predicted octanol–water partition coefficient (Wildman–Crippen LogP) is 1.22. The van der Waals surface area contributed by atoms with Crippen molar-refractivity contribution in [2.24, 2.45) is 0 Å². The number of hydrogen-bond acceptors (Lipinski definition) is 5. The third-order valence-corrected chi connectivity index (χ3v) is 7.29. The molecule has 0 atom stereocenters. The highest BCUT2D eigenvalue weighted by Gasteiger charge is 2.30. The fraction of sp³-hybridized carbons (Fsp3) is 0.500. The number of rotatable bonds is 5. The van der Waals surface area contributed by atoms with Gasteiger partial charge < -0.3 is 9.80 Å². The van der Waals surface area contributed by atoms with Crippen molar-refractivity contribution in [1.29, 1.82) is 0 Å². The molecular weight excluding hydrogens is 381 g/mol. The Bertz CT molecular complexity index is 777. The lowest BCUT2D eigenvalue weighted by Crippen LogP contribution is -2.50. The Morgan fingerprint density at radius 2 is 1.73 bits per heavy atom. The molecule has 10 heteroatoms. The highest BCUT2D eigenvalue weighted by atomic mass is 32.2. The minimum atomic E-state index is -3.69. The van der Waals surface area contributed by atoms with Gasteiger partial charge >= 0.3 is 0 Å². The molecule has 0 saturated carbocycles. The van der Waals surface area contributed by atoms with Crippen molar-refractivity contribution >= 4 is 32.9 Å². The number of piperazine rings is 1. The van der Waals surface area contributed by atoms with Gasteiger partial charge in [-0.25, -0.2) is 12.8 Å². The molecule has 2 amide bonds. The number of carbonyl (C=O) groups excluding carboxylic acids is 2. The molecule has 2 saturated heterocycles. The average Bonchev–Trinajstić information content (AvgIpc) is 3.05. The third-order valence-electron chi connectivity index (χ3n) is 4.48. The van der Waals surface area contributed by atoms with E-state index in [-0.39, 0.29) is 35.6 Å². The molecule has 7 nitrogen and oxygen atoms in total. The predicted molar refractivity (Wildman–Crippen MR) is 95.8 cm³/mol. The summed E-state index contributed by atoms with van der Waals surface area (Å²) in [6.07, 6.45) is 0.247. The van der Waals surface area contributed by atoms with E-state index in [1.165, 1.54) is 28.2 Å². The van der Waals surface area contributed by atoms with Crippen LogP contribution < -0.4 is 0 Å². The molecule has 1 aromatic carbocycles. The molecule has 0 bridgehead atoms. The van der Waals surface area contributed by atoms with E-state index in [0.29, 0.717) is 26.2 Å². The summed E-state index contributed by atoms with van der Waals surface area (Å²) in [4.78, 5) is 27.2. The minimum Gasteiger partial charge on any atom is -0.340 e. The summed E-state index contributed by atoms with van der Waals surface area (Å²) in [6, 6.07) is 4.72. The molecule has 3 rings (SSSR count). The minimum absolute atomic E-state index is 0.00742. The molecule has 2 aliphatic rings. The highest BCUT2D eigenvalue weighted by molar-refractivity contribution is 8.13. The van der Waals surface area contributed by atoms with Gasteiger partial charge in [0.25, 0.3) is 5.24 Å². The molecule has 0 radical (unpaired) electrons. The van der Waals surface area contributed by atoms with Crippen LogP contribution in [0.5, 0.6) is 0 Å². The van der Waals surface area contributed by atoms with Gasteiger partial charge in [-0.1, -0.05) is 11.8 Å². The summed E-state index contributed by atoms with van der Waals surface area (Å²) in [5, 5.41) is 0.00742. The van der Waals surface area contributed by atoms with Crippen LogP contribution >= 0.6 is 11.8 Å². The van der Waals surface area contributed by atoms with Crippen molar-refractivity contribution < 1.29 is 22.4 Å². The zero-order chi connectivity index (χ0) is 18.7. The summed E-state index contributed by atoms with van der Waals surface area (Å²) >= 11 is 1.26. The Kier molecular flexibility index (Phi) is 5.83. The first-order chi connectivity index (χ1) is 12.4. The van der Waals surface area contributed by atoms with Crippen LogP contribution in [0.3, 0.4) is 0 Å². The van der Waals surface area contributed by atoms with Crippen LogP contribution in [0.25, 0.3) is 0 Å². The molecule has 2 heterocycles. The van der Waals surface area contributed by atoms with Gasteiger partial charge in [0.1, 0.15) is 5.82 Å². The SMILES string of the molecule is O=C(CCN1CCSC1=O)N1CCN(S(=O)(=O)c2ccc(F)cc2)CC1. The van der Waals surface area contributed by atoms with E-state index in [1.54, 1.807) is 9.80 Å². The molecular formula is C16H20FN3O4S2. The summed E-state index contributed by atoms with van der Waals surface area (Å²) in [6.45, 7) is 2.08. The number of nitrogens with zero attached hydrogens (tertiary/aromatic N) is 3. The average molecular weight is 401 g/mol. The lowest BCUT2D eigenvalue weighted by Gasteiger charge is -2.34. The maximum atomic E-state index is 13.0. The maximum Gasteiger partial charge on any atom is 0.281 e. The van der Waals surface area contributed by atoms with E-state index in [4.69, 9.17) is 0 Å². The van der Waals surface area contributed by atoms with Crippen molar-refractivity contribution in [1.82, 2.24) is 14.1 Å². The molecule has 142 valence electrons. The fourth-order valence-electron chi connectivity index (χ4n) is 2.95. The van der Waals surface area contributed by atoms with E-state index in [9.17, 15) is 22.4 Å². The molecule has 0 N–H and O–H groups in total. The number of benzene rings is 1. The van der Waals surface area contributed by atoms with Gasteiger partial charge in [-0.2, -0.15) is 4.31 Å². The van der Waals surface area contributed by atoms with E-state index in [1.807, 2.05) is 0 Å². The van der Waals surface area contributed by atoms with E-state index in [0.717, 1.165) is 17.9 Å². The van der Waals surface area contributed by atoms with Crippen LogP contribution in [0, 0.1) is 5.82 Å². The summed E-state index contributed by atoms with van der Waals surface area (Å²) < 4.78 is 39.4. The molecule has 0 spiro atoms. The van der Waals surface area contributed by atoms with Crippen LogP contribution in [-0.4, -0.2) is 78.7 Å². The van der Waals surface area contributed by atoms with Gasteiger partial charge in [0, 0.05) is 51.4 Å². The second-order valence-electron chi connectivity index (χ2n) is 6.09. The fourth-order valence-corrected chi connectivity index (χ4v) is 5.22. The number of halogens is 1.